The molecule has 1 rings (SSSR count). The first-order chi connectivity index (χ1) is 4.63. The van der Waals surface area contributed by atoms with E-state index in [0.29, 0.717) is 13.2 Å². The van der Waals surface area contributed by atoms with E-state index in [1.165, 1.54) is 0 Å². The quantitative estimate of drug-likeness (QED) is 0.580. The average Bonchev–Trinajstić information content (AvgIpc) is 2.15. The topological polar surface area (TPSA) is 55.4 Å². The summed E-state index contributed by atoms with van der Waals surface area (Å²) in [7, 11) is 0. The van der Waals surface area contributed by atoms with E-state index >= 15 is 0 Å². The standard InChI is InChI=1S/C3H5NO2.CCl2O/c5-3-4-1-2-6-3;2-1(3)4/h1-2H2,(H,4,5);. The van der Waals surface area contributed by atoms with Crippen molar-refractivity contribution >= 4 is 34.0 Å². The lowest BCUT2D eigenvalue weighted by molar-refractivity contribution is 0.178. The monoisotopic (exact) mass is 185 g/mol. The van der Waals surface area contributed by atoms with Gasteiger partial charge in [0.25, 0.3) is 0 Å². The third-order valence-electron chi connectivity index (χ3n) is 0.605. The highest BCUT2D eigenvalue weighted by Crippen LogP contribution is 1.84. The van der Waals surface area contributed by atoms with Crippen molar-refractivity contribution in [2.24, 2.45) is 0 Å². The summed E-state index contributed by atoms with van der Waals surface area (Å²) in [6, 6.07) is 0. The molecule has 0 saturated carbocycles. The normalized spacial score (nSPS) is 14.4. The van der Waals surface area contributed by atoms with Crippen LogP contribution < -0.4 is 5.32 Å². The second kappa shape index (κ2) is 5.32. The number of cyclic esters (lactones) is 1. The van der Waals surface area contributed by atoms with Crippen molar-refractivity contribution in [2.45, 2.75) is 0 Å². The molecule has 6 heteroatoms. The smallest absolute Gasteiger partial charge is 0.407 e. The first-order valence-corrected chi connectivity index (χ1v) is 3.14. The summed E-state index contributed by atoms with van der Waals surface area (Å²) < 4.78 is 3.51. The second-order valence-electron chi connectivity index (χ2n) is 1.29. The Morgan fingerprint density at radius 1 is 1.60 bits per heavy atom. The first-order valence-electron chi connectivity index (χ1n) is 2.38. The van der Waals surface area contributed by atoms with Gasteiger partial charge in [0, 0.05) is 0 Å². The SMILES string of the molecule is O=C(Cl)Cl.O=C1NCCO1. The van der Waals surface area contributed by atoms with Crippen LogP contribution in [0.2, 0.25) is 0 Å². The highest BCUT2D eigenvalue weighted by molar-refractivity contribution is 6.93. The van der Waals surface area contributed by atoms with Crippen molar-refractivity contribution in [1.82, 2.24) is 5.32 Å². The van der Waals surface area contributed by atoms with Crippen LogP contribution >= 0.6 is 23.2 Å². The van der Waals surface area contributed by atoms with Gasteiger partial charge in [-0.25, -0.2) is 4.79 Å². The lowest BCUT2D eigenvalue weighted by atomic mass is 10.7. The number of halogens is 2. The Kier molecular flexibility index (Phi) is 5.06. The minimum atomic E-state index is -0.889. The molecule has 0 spiro atoms. The lowest BCUT2D eigenvalue weighted by Gasteiger charge is -1.80. The first kappa shape index (κ1) is 9.52. The molecule has 0 radical (unpaired) electrons. The van der Waals surface area contributed by atoms with E-state index in [1.807, 2.05) is 0 Å². The zero-order chi connectivity index (χ0) is 7.98. The maximum atomic E-state index is 9.91. The van der Waals surface area contributed by atoms with E-state index < -0.39 is 4.70 Å². The van der Waals surface area contributed by atoms with Gasteiger partial charge < -0.3 is 10.1 Å². The lowest BCUT2D eigenvalue weighted by Crippen LogP contribution is -2.11. The minimum Gasteiger partial charge on any atom is -0.448 e. The Labute approximate surface area is 67.4 Å². The van der Waals surface area contributed by atoms with Crippen molar-refractivity contribution in [3.63, 3.8) is 0 Å². The Morgan fingerprint density at radius 2 is 2.10 bits per heavy atom. The largest absolute Gasteiger partial charge is 0.448 e. The Hall–Kier alpha value is -0.480. The molecule has 0 unspecified atom stereocenters. The molecular weight excluding hydrogens is 181 g/mol. The molecule has 1 fully saturated rings. The molecule has 1 heterocycles. The predicted molar refractivity (Wildman–Crippen MR) is 36.5 cm³/mol. The number of hydrogen-bond donors (Lipinski definition) is 1. The summed E-state index contributed by atoms with van der Waals surface area (Å²) in [6.07, 6.45) is -0.296. The maximum Gasteiger partial charge on any atom is 0.407 e. The summed E-state index contributed by atoms with van der Waals surface area (Å²) in [4.78, 5) is 18.9. The molecule has 10 heavy (non-hydrogen) atoms. The van der Waals surface area contributed by atoms with Crippen molar-refractivity contribution in [3.8, 4) is 0 Å². The highest BCUT2D eigenvalue weighted by Gasteiger charge is 2.06. The summed E-state index contributed by atoms with van der Waals surface area (Å²) in [5.74, 6) is 0. The van der Waals surface area contributed by atoms with Crippen LogP contribution in [0.15, 0.2) is 0 Å². The van der Waals surface area contributed by atoms with E-state index in [4.69, 9.17) is 4.79 Å². The fraction of sp³-hybridized carbons (Fsp3) is 0.500. The van der Waals surface area contributed by atoms with Gasteiger partial charge in [-0.05, 0) is 23.2 Å². The fourth-order valence-corrected chi connectivity index (χ4v) is 0.348. The van der Waals surface area contributed by atoms with Crippen molar-refractivity contribution in [1.29, 1.82) is 0 Å². The molecule has 1 N–H and O–H groups in total. The highest BCUT2D eigenvalue weighted by atomic mass is 35.5. The molecule has 0 bridgehead atoms. The molecule has 0 aromatic rings. The van der Waals surface area contributed by atoms with Crippen LogP contribution in [-0.4, -0.2) is 23.9 Å². The van der Waals surface area contributed by atoms with Crippen LogP contribution in [0.1, 0.15) is 0 Å². The number of amides is 1. The van der Waals surface area contributed by atoms with E-state index in [2.05, 4.69) is 33.3 Å². The van der Waals surface area contributed by atoms with Gasteiger partial charge in [0.15, 0.2) is 0 Å². The summed E-state index contributed by atoms with van der Waals surface area (Å²) in [5, 5.41) is 2.46. The van der Waals surface area contributed by atoms with Gasteiger partial charge >= 0.3 is 10.8 Å². The van der Waals surface area contributed by atoms with Crippen LogP contribution in [0.25, 0.3) is 0 Å². The van der Waals surface area contributed by atoms with Crippen molar-refractivity contribution < 1.29 is 14.3 Å². The Balaban J connectivity index is 0.000000180. The van der Waals surface area contributed by atoms with E-state index in [0.717, 1.165) is 0 Å². The predicted octanol–water partition coefficient (Wildman–Crippen LogP) is 1.31. The van der Waals surface area contributed by atoms with Crippen molar-refractivity contribution in [2.75, 3.05) is 13.2 Å². The van der Waals surface area contributed by atoms with E-state index in [1.54, 1.807) is 0 Å². The number of nitrogens with one attached hydrogen (secondary N) is 1. The molecule has 0 aromatic heterocycles. The summed E-state index contributed by atoms with van der Waals surface area (Å²) >= 11 is 8.80. The number of alkyl carbamates (subject to hydrolysis) is 1. The Bertz CT molecular complexity index is 126. The molecular formula is C4H5Cl2NO3. The number of ether oxygens (including phenoxy) is 1. The van der Waals surface area contributed by atoms with E-state index in [-0.39, 0.29) is 6.09 Å². The molecule has 0 atom stereocenters. The molecule has 4 nitrogen and oxygen atoms in total. The number of rotatable bonds is 0. The molecule has 1 aliphatic rings. The van der Waals surface area contributed by atoms with Crippen LogP contribution in [-0.2, 0) is 4.74 Å². The molecule has 1 saturated heterocycles. The van der Waals surface area contributed by atoms with Crippen LogP contribution in [0, 0.1) is 0 Å². The summed E-state index contributed by atoms with van der Waals surface area (Å²) in [6.45, 7) is 1.19. The molecule has 0 aromatic carbocycles. The maximum absolute atomic E-state index is 9.91. The van der Waals surface area contributed by atoms with Gasteiger partial charge in [-0.2, -0.15) is 0 Å². The van der Waals surface area contributed by atoms with Crippen LogP contribution in [0.5, 0.6) is 0 Å². The zero-order valence-corrected chi connectivity index (χ0v) is 6.41. The summed E-state index contributed by atoms with van der Waals surface area (Å²) in [5.41, 5.74) is 0. The number of hydrogen-bond acceptors (Lipinski definition) is 3. The van der Waals surface area contributed by atoms with E-state index in [9.17, 15) is 4.79 Å². The van der Waals surface area contributed by atoms with Gasteiger partial charge in [0.2, 0.25) is 0 Å². The fourth-order valence-electron chi connectivity index (χ4n) is 0.348. The van der Waals surface area contributed by atoms with Gasteiger partial charge in [0.05, 0.1) is 6.54 Å². The number of carbonyl (C=O) groups is 2. The second-order valence-corrected chi connectivity index (χ2v) is 2.17. The number of carbonyl (C=O) groups excluding carboxylic acids is 2. The van der Waals surface area contributed by atoms with Gasteiger partial charge in [0.1, 0.15) is 6.61 Å². The van der Waals surface area contributed by atoms with Crippen LogP contribution in [0.3, 0.4) is 0 Å². The van der Waals surface area contributed by atoms with Crippen molar-refractivity contribution in [3.05, 3.63) is 0 Å². The minimum absolute atomic E-state index is 0.296. The van der Waals surface area contributed by atoms with Gasteiger partial charge in [-0.15, -0.1) is 0 Å². The third kappa shape index (κ3) is 7.52. The molecule has 1 aliphatic heterocycles. The molecule has 58 valence electrons. The van der Waals surface area contributed by atoms with Gasteiger partial charge in [-0.3, -0.25) is 4.79 Å². The molecule has 0 aliphatic carbocycles. The van der Waals surface area contributed by atoms with Gasteiger partial charge in [-0.1, -0.05) is 0 Å². The zero-order valence-electron chi connectivity index (χ0n) is 4.89. The van der Waals surface area contributed by atoms with Crippen LogP contribution in [0.4, 0.5) is 9.59 Å². The Morgan fingerprint density at radius 3 is 2.20 bits per heavy atom. The average molecular weight is 186 g/mol. The third-order valence-corrected chi connectivity index (χ3v) is 0.605. The molecule has 1 amide bonds.